The Hall–Kier alpha value is -2.29. The van der Waals surface area contributed by atoms with Crippen LogP contribution in [0.3, 0.4) is 0 Å². The third-order valence-electron chi connectivity index (χ3n) is 2.47. The van der Waals surface area contributed by atoms with Gasteiger partial charge in [-0.05, 0) is 35.9 Å². The number of ether oxygens (including phenoxy) is 2. The van der Waals surface area contributed by atoms with E-state index in [4.69, 9.17) is 4.74 Å². The zero-order chi connectivity index (χ0) is 12.8. The standard InChI is InChI=1S/C15H13O3/c1-17-15(16)13-9-7-12(8-10-13)11-18-14-5-3-2-4-6-14/h3-10H,11H2,1H3. The van der Waals surface area contributed by atoms with Crippen LogP contribution < -0.4 is 4.74 Å². The van der Waals surface area contributed by atoms with E-state index in [1.807, 2.05) is 24.3 Å². The zero-order valence-electron chi connectivity index (χ0n) is 10.1. The molecule has 0 atom stereocenters. The van der Waals surface area contributed by atoms with Crippen LogP contribution >= 0.6 is 0 Å². The maximum Gasteiger partial charge on any atom is 0.337 e. The van der Waals surface area contributed by atoms with Crippen molar-refractivity contribution in [2.45, 2.75) is 6.61 Å². The summed E-state index contributed by atoms with van der Waals surface area (Å²) in [5.41, 5.74) is 1.53. The highest BCUT2D eigenvalue weighted by Gasteiger charge is 2.04. The lowest BCUT2D eigenvalue weighted by Gasteiger charge is -2.06. The minimum absolute atomic E-state index is 0.332. The second kappa shape index (κ2) is 5.87. The molecule has 0 unspecified atom stereocenters. The Morgan fingerprint density at radius 1 is 1.11 bits per heavy atom. The molecule has 0 aliphatic heterocycles. The molecular weight excluding hydrogens is 228 g/mol. The number of esters is 1. The van der Waals surface area contributed by atoms with E-state index in [2.05, 4.69) is 10.8 Å². The third-order valence-corrected chi connectivity index (χ3v) is 2.47. The smallest absolute Gasteiger partial charge is 0.337 e. The summed E-state index contributed by atoms with van der Waals surface area (Å²) in [7, 11) is 1.37. The molecule has 2 rings (SSSR count). The van der Waals surface area contributed by atoms with Gasteiger partial charge in [-0.15, -0.1) is 0 Å². The van der Waals surface area contributed by atoms with Gasteiger partial charge < -0.3 is 9.47 Å². The summed E-state index contributed by atoms with van der Waals surface area (Å²) in [5.74, 6) is 0.465. The summed E-state index contributed by atoms with van der Waals surface area (Å²) in [6.45, 7) is 0.464. The number of methoxy groups -OCH3 is 1. The van der Waals surface area contributed by atoms with Crippen molar-refractivity contribution in [1.29, 1.82) is 0 Å². The molecule has 0 aliphatic carbocycles. The molecule has 18 heavy (non-hydrogen) atoms. The minimum atomic E-state index is -0.332. The summed E-state index contributed by atoms with van der Waals surface area (Å²) < 4.78 is 10.2. The molecule has 0 aromatic heterocycles. The van der Waals surface area contributed by atoms with E-state index in [1.165, 1.54) is 7.11 Å². The van der Waals surface area contributed by atoms with E-state index in [0.29, 0.717) is 12.2 Å². The maximum absolute atomic E-state index is 11.2. The first-order chi connectivity index (χ1) is 8.79. The van der Waals surface area contributed by atoms with Gasteiger partial charge in [0.25, 0.3) is 0 Å². The van der Waals surface area contributed by atoms with E-state index in [-0.39, 0.29) is 5.97 Å². The van der Waals surface area contributed by atoms with Crippen LogP contribution in [0.1, 0.15) is 15.9 Å². The number of benzene rings is 2. The highest BCUT2D eigenvalue weighted by Crippen LogP contribution is 2.12. The number of hydrogen-bond acceptors (Lipinski definition) is 3. The Balaban J connectivity index is 1.97. The monoisotopic (exact) mass is 241 g/mol. The van der Waals surface area contributed by atoms with E-state index >= 15 is 0 Å². The molecule has 0 amide bonds. The van der Waals surface area contributed by atoms with Crippen LogP contribution in [-0.2, 0) is 11.3 Å². The van der Waals surface area contributed by atoms with Crippen molar-refractivity contribution in [2.75, 3.05) is 7.11 Å². The van der Waals surface area contributed by atoms with Crippen LogP contribution in [0.15, 0.2) is 48.5 Å². The SMILES string of the molecule is COC(=O)c1ccc(COc2cc[c]cc2)cc1. The molecule has 0 saturated heterocycles. The number of hydrogen-bond donors (Lipinski definition) is 0. The van der Waals surface area contributed by atoms with Crippen LogP contribution in [0, 0.1) is 6.07 Å². The quantitative estimate of drug-likeness (QED) is 0.772. The lowest BCUT2D eigenvalue weighted by molar-refractivity contribution is 0.0600. The van der Waals surface area contributed by atoms with Gasteiger partial charge in [0.1, 0.15) is 12.4 Å². The fourth-order valence-electron chi connectivity index (χ4n) is 1.49. The lowest BCUT2D eigenvalue weighted by Crippen LogP contribution is -2.01. The Morgan fingerprint density at radius 3 is 2.39 bits per heavy atom. The average Bonchev–Trinajstić information content (AvgIpc) is 2.46. The minimum Gasteiger partial charge on any atom is -0.489 e. The summed E-state index contributed by atoms with van der Waals surface area (Å²) >= 11 is 0. The van der Waals surface area contributed by atoms with Crippen molar-refractivity contribution in [1.82, 2.24) is 0 Å². The van der Waals surface area contributed by atoms with Gasteiger partial charge in [0.2, 0.25) is 0 Å². The Morgan fingerprint density at radius 2 is 1.78 bits per heavy atom. The average molecular weight is 241 g/mol. The second-order valence-corrected chi connectivity index (χ2v) is 3.71. The molecule has 2 aromatic carbocycles. The fraction of sp³-hybridized carbons (Fsp3) is 0.133. The van der Waals surface area contributed by atoms with E-state index in [0.717, 1.165) is 11.3 Å². The van der Waals surface area contributed by atoms with Gasteiger partial charge in [0, 0.05) is 0 Å². The van der Waals surface area contributed by atoms with Crippen molar-refractivity contribution >= 4 is 5.97 Å². The first-order valence-corrected chi connectivity index (χ1v) is 5.56. The van der Waals surface area contributed by atoms with E-state index in [9.17, 15) is 4.79 Å². The molecule has 1 radical (unpaired) electrons. The molecule has 0 N–H and O–H groups in total. The van der Waals surface area contributed by atoms with Gasteiger partial charge in [-0.25, -0.2) is 4.79 Å². The molecule has 91 valence electrons. The van der Waals surface area contributed by atoms with E-state index < -0.39 is 0 Å². The number of carbonyl (C=O) groups is 1. The Kier molecular flexibility index (Phi) is 3.97. The topological polar surface area (TPSA) is 35.5 Å². The predicted molar refractivity (Wildman–Crippen MR) is 67.4 cm³/mol. The summed E-state index contributed by atoms with van der Waals surface area (Å²) in [4.78, 5) is 11.2. The summed E-state index contributed by atoms with van der Waals surface area (Å²) in [6, 6.07) is 17.4. The Labute approximate surface area is 106 Å². The molecule has 2 aromatic rings. The predicted octanol–water partition coefficient (Wildman–Crippen LogP) is 2.85. The molecule has 0 saturated carbocycles. The first kappa shape index (κ1) is 12.2. The van der Waals surface area contributed by atoms with Gasteiger partial charge in [0.15, 0.2) is 0 Å². The van der Waals surface area contributed by atoms with Crippen molar-refractivity contribution in [3.63, 3.8) is 0 Å². The van der Waals surface area contributed by atoms with Crippen molar-refractivity contribution in [3.05, 3.63) is 65.7 Å². The van der Waals surface area contributed by atoms with Crippen LogP contribution in [0.25, 0.3) is 0 Å². The van der Waals surface area contributed by atoms with Crippen molar-refractivity contribution < 1.29 is 14.3 Å². The first-order valence-electron chi connectivity index (χ1n) is 5.56. The molecule has 3 heteroatoms. The van der Waals surface area contributed by atoms with Crippen molar-refractivity contribution in [2.24, 2.45) is 0 Å². The molecule has 0 fully saturated rings. The summed E-state index contributed by atoms with van der Waals surface area (Å²) in [5, 5.41) is 0. The second-order valence-electron chi connectivity index (χ2n) is 3.71. The van der Waals surface area contributed by atoms with Gasteiger partial charge in [0.05, 0.1) is 12.7 Å². The maximum atomic E-state index is 11.2. The van der Waals surface area contributed by atoms with Crippen molar-refractivity contribution in [3.8, 4) is 5.75 Å². The van der Waals surface area contributed by atoms with Gasteiger partial charge >= 0.3 is 5.97 Å². The van der Waals surface area contributed by atoms with Crippen LogP contribution in [0.4, 0.5) is 0 Å². The number of rotatable bonds is 4. The lowest BCUT2D eigenvalue weighted by atomic mass is 10.1. The van der Waals surface area contributed by atoms with E-state index in [1.54, 1.807) is 24.3 Å². The third kappa shape index (κ3) is 3.10. The Bertz CT molecular complexity index is 503. The fourth-order valence-corrected chi connectivity index (χ4v) is 1.49. The normalized spacial score (nSPS) is 9.83. The number of carbonyl (C=O) groups excluding carboxylic acids is 1. The van der Waals surface area contributed by atoms with Gasteiger partial charge in [-0.3, -0.25) is 0 Å². The van der Waals surface area contributed by atoms with Gasteiger partial charge in [-0.2, -0.15) is 0 Å². The summed E-state index contributed by atoms with van der Waals surface area (Å²) in [6.07, 6.45) is 0. The molecule has 0 aliphatic rings. The highest BCUT2D eigenvalue weighted by molar-refractivity contribution is 5.89. The zero-order valence-corrected chi connectivity index (χ0v) is 10.1. The molecule has 3 nitrogen and oxygen atoms in total. The molecular formula is C15H13O3. The van der Waals surface area contributed by atoms with Crippen LogP contribution in [-0.4, -0.2) is 13.1 Å². The molecule has 0 spiro atoms. The van der Waals surface area contributed by atoms with Crippen LogP contribution in [0.2, 0.25) is 0 Å². The van der Waals surface area contributed by atoms with Crippen LogP contribution in [0.5, 0.6) is 5.75 Å². The highest BCUT2D eigenvalue weighted by atomic mass is 16.5. The molecule has 0 heterocycles. The van der Waals surface area contributed by atoms with Gasteiger partial charge in [-0.1, -0.05) is 24.3 Å². The largest absolute Gasteiger partial charge is 0.489 e. The molecule has 0 bridgehead atoms.